The van der Waals surface area contributed by atoms with Crippen LogP contribution in [0.25, 0.3) is 0 Å². The Hall–Kier alpha value is -1.36. The van der Waals surface area contributed by atoms with Gasteiger partial charge >= 0.3 is 0 Å². The van der Waals surface area contributed by atoms with Crippen LogP contribution in [-0.4, -0.2) is 0 Å². The zero-order valence-electron chi connectivity index (χ0n) is 7.19. The fourth-order valence-electron chi connectivity index (χ4n) is 1.13. The molecule has 0 heterocycles. The van der Waals surface area contributed by atoms with Crippen LogP contribution in [0.3, 0.4) is 0 Å². The van der Waals surface area contributed by atoms with Crippen LogP contribution in [0.2, 0.25) is 0 Å². The summed E-state index contributed by atoms with van der Waals surface area (Å²) in [6.45, 7) is 3.52. The molecule has 2 heteroatoms. The van der Waals surface area contributed by atoms with Crippen LogP contribution in [0, 0.1) is 31.0 Å². The molecule has 0 spiro atoms. The highest BCUT2D eigenvalue weighted by molar-refractivity contribution is 5.34. The summed E-state index contributed by atoms with van der Waals surface area (Å²) in [6, 6.07) is 5.52. The van der Waals surface area contributed by atoms with Gasteiger partial charge in [0.1, 0.15) is 5.82 Å². The monoisotopic (exact) mass is 163 g/mol. The van der Waals surface area contributed by atoms with E-state index in [2.05, 4.69) is 0 Å². The van der Waals surface area contributed by atoms with E-state index in [4.69, 9.17) is 5.26 Å². The van der Waals surface area contributed by atoms with Gasteiger partial charge in [0.25, 0.3) is 0 Å². The van der Waals surface area contributed by atoms with Crippen molar-refractivity contribution in [3.05, 3.63) is 34.6 Å². The molecule has 1 aromatic carbocycles. The molecule has 0 saturated heterocycles. The van der Waals surface area contributed by atoms with Crippen molar-refractivity contribution < 1.29 is 4.39 Å². The van der Waals surface area contributed by atoms with Crippen LogP contribution < -0.4 is 0 Å². The van der Waals surface area contributed by atoms with E-state index < -0.39 is 0 Å². The third kappa shape index (κ3) is 1.45. The molecule has 0 saturated carbocycles. The Morgan fingerprint density at radius 1 is 1.33 bits per heavy atom. The molecule has 62 valence electrons. The van der Waals surface area contributed by atoms with Crippen LogP contribution in [-0.2, 0) is 6.42 Å². The van der Waals surface area contributed by atoms with Crippen LogP contribution >= 0.6 is 0 Å². The van der Waals surface area contributed by atoms with Crippen molar-refractivity contribution in [2.75, 3.05) is 0 Å². The maximum atomic E-state index is 13.3. The third-order valence-corrected chi connectivity index (χ3v) is 1.93. The van der Waals surface area contributed by atoms with E-state index in [1.807, 2.05) is 19.1 Å². The molecule has 0 fully saturated rings. The second-order valence-electron chi connectivity index (χ2n) is 2.83. The highest BCUT2D eigenvalue weighted by Gasteiger charge is 2.06. The molecule has 12 heavy (non-hydrogen) atoms. The van der Waals surface area contributed by atoms with Gasteiger partial charge in [0.15, 0.2) is 0 Å². The molecule has 0 unspecified atom stereocenters. The number of aryl methyl sites for hydroxylation is 2. The number of hydrogen-bond donors (Lipinski definition) is 0. The van der Waals surface area contributed by atoms with Crippen molar-refractivity contribution in [1.82, 2.24) is 0 Å². The summed E-state index contributed by atoms with van der Waals surface area (Å²) in [5, 5.41) is 8.44. The second-order valence-corrected chi connectivity index (χ2v) is 2.83. The molecule has 0 N–H and O–H groups in total. The van der Waals surface area contributed by atoms with Gasteiger partial charge in [-0.1, -0.05) is 12.1 Å². The average Bonchev–Trinajstić information content (AvgIpc) is 2.06. The molecule has 1 nitrogen and oxygen atoms in total. The van der Waals surface area contributed by atoms with Crippen molar-refractivity contribution in [2.45, 2.75) is 20.3 Å². The topological polar surface area (TPSA) is 23.8 Å². The van der Waals surface area contributed by atoms with Crippen molar-refractivity contribution in [2.24, 2.45) is 0 Å². The molecule has 0 aliphatic heterocycles. The Morgan fingerprint density at radius 2 is 1.92 bits per heavy atom. The lowest BCUT2D eigenvalue weighted by Crippen LogP contribution is -1.95. The van der Waals surface area contributed by atoms with Crippen LogP contribution in [0.1, 0.15) is 16.7 Å². The van der Waals surface area contributed by atoms with Gasteiger partial charge in [-0.15, -0.1) is 0 Å². The van der Waals surface area contributed by atoms with Gasteiger partial charge in [-0.3, -0.25) is 0 Å². The lowest BCUT2D eigenvalue weighted by Gasteiger charge is -2.04. The Morgan fingerprint density at radius 3 is 2.50 bits per heavy atom. The van der Waals surface area contributed by atoms with Crippen LogP contribution in [0.4, 0.5) is 4.39 Å². The van der Waals surface area contributed by atoms with Gasteiger partial charge in [-0.05, 0) is 25.0 Å². The van der Waals surface area contributed by atoms with E-state index in [1.165, 1.54) is 0 Å². The standard InChI is InChI=1S/C10H10FN/c1-7-3-4-8(2)10(11)9(7)5-6-12/h3-4H,5H2,1-2H3. The summed E-state index contributed by atoms with van der Waals surface area (Å²) in [5.74, 6) is -0.239. The van der Waals surface area contributed by atoms with Crippen LogP contribution in [0.5, 0.6) is 0 Å². The maximum Gasteiger partial charge on any atom is 0.130 e. The largest absolute Gasteiger partial charge is 0.206 e. The zero-order chi connectivity index (χ0) is 9.14. The van der Waals surface area contributed by atoms with E-state index in [0.29, 0.717) is 11.1 Å². The molecule has 0 aromatic heterocycles. The normalized spacial score (nSPS) is 9.50. The van der Waals surface area contributed by atoms with E-state index in [1.54, 1.807) is 13.0 Å². The van der Waals surface area contributed by atoms with E-state index in [9.17, 15) is 4.39 Å². The summed E-state index contributed by atoms with van der Waals surface area (Å²) in [4.78, 5) is 0. The Kier molecular flexibility index (Phi) is 2.44. The number of rotatable bonds is 1. The third-order valence-electron chi connectivity index (χ3n) is 1.93. The molecule has 1 rings (SSSR count). The van der Waals surface area contributed by atoms with Gasteiger partial charge in [0.05, 0.1) is 12.5 Å². The van der Waals surface area contributed by atoms with E-state index in [0.717, 1.165) is 5.56 Å². The molecular formula is C10H10FN. The van der Waals surface area contributed by atoms with Gasteiger partial charge in [-0.25, -0.2) is 4.39 Å². The average molecular weight is 163 g/mol. The van der Waals surface area contributed by atoms with Crippen LogP contribution in [0.15, 0.2) is 12.1 Å². The van der Waals surface area contributed by atoms with E-state index in [-0.39, 0.29) is 12.2 Å². The highest BCUT2D eigenvalue weighted by Crippen LogP contribution is 2.16. The van der Waals surface area contributed by atoms with Gasteiger partial charge in [-0.2, -0.15) is 5.26 Å². The zero-order valence-corrected chi connectivity index (χ0v) is 7.19. The summed E-state index contributed by atoms with van der Waals surface area (Å²) < 4.78 is 13.3. The lowest BCUT2D eigenvalue weighted by molar-refractivity contribution is 0.604. The summed E-state index contributed by atoms with van der Waals surface area (Å²) in [7, 11) is 0. The first kappa shape index (κ1) is 8.73. The number of nitriles is 1. The molecule has 0 radical (unpaired) electrons. The molecule has 0 bridgehead atoms. The van der Waals surface area contributed by atoms with Crippen molar-refractivity contribution in [3.63, 3.8) is 0 Å². The lowest BCUT2D eigenvalue weighted by atomic mass is 10.0. The minimum Gasteiger partial charge on any atom is -0.206 e. The molecular weight excluding hydrogens is 153 g/mol. The number of nitrogens with zero attached hydrogens (tertiary/aromatic N) is 1. The molecule has 0 amide bonds. The molecule has 1 aromatic rings. The van der Waals surface area contributed by atoms with Crippen molar-refractivity contribution in [3.8, 4) is 6.07 Å². The summed E-state index contributed by atoms with van der Waals surface area (Å²) in [6.07, 6.45) is 0.152. The predicted octanol–water partition coefficient (Wildman–Crippen LogP) is 2.51. The Balaban J connectivity index is 3.25. The van der Waals surface area contributed by atoms with Gasteiger partial charge in [0, 0.05) is 5.56 Å². The van der Waals surface area contributed by atoms with Crippen molar-refractivity contribution >= 4 is 0 Å². The maximum absolute atomic E-state index is 13.3. The highest BCUT2D eigenvalue weighted by atomic mass is 19.1. The summed E-state index contributed by atoms with van der Waals surface area (Å²) >= 11 is 0. The minimum atomic E-state index is -0.239. The first-order valence-electron chi connectivity index (χ1n) is 3.78. The Bertz CT molecular complexity index is 336. The first-order chi connectivity index (χ1) is 5.66. The summed E-state index contributed by atoms with van der Waals surface area (Å²) in [5.41, 5.74) is 1.98. The van der Waals surface area contributed by atoms with Gasteiger partial charge < -0.3 is 0 Å². The second kappa shape index (κ2) is 3.36. The smallest absolute Gasteiger partial charge is 0.130 e. The first-order valence-corrected chi connectivity index (χ1v) is 3.78. The predicted molar refractivity (Wildman–Crippen MR) is 45.2 cm³/mol. The molecule has 0 aliphatic carbocycles. The molecule has 0 aliphatic rings. The quantitative estimate of drug-likeness (QED) is 0.624. The molecule has 0 atom stereocenters. The fraction of sp³-hybridized carbons (Fsp3) is 0.300. The number of benzene rings is 1. The number of halogens is 1. The SMILES string of the molecule is Cc1ccc(C)c(CC#N)c1F. The van der Waals surface area contributed by atoms with Crippen molar-refractivity contribution in [1.29, 1.82) is 5.26 Å². The number of hydrogen-bond acceptors (Lipinski definition) is 1. The Labute approximate surface area is 71.4 Å². The van der Waals surface area contributed by atoms with E-state index >= 15 is 0 Å². The fourth-order valence-corrected chi connectivity index (χ4v) is 1.13. The minimum absolute atomic E-state index is 0.152. The van der Waals surface area contributed by atoms with Gasteiger partial charge in [0.2, 0.25) is 0 Å².